The van der Waals surface area contributed by atoms with Crippen LogP contribution in [0.15, 0.2) is 16.6 Å². The molecule has 1 saturated heterocycles. The standard InChI is InChI=1S/C12H12BrF2NO2/c1-7-6-18-3-2-16(7)12(17)11-9(14)4-8(13)5-10(11)15/h4-5,7H,2-3,6H2,1H3. The van der Waals surface area contributed by atoms with Gasteiger partial charge in [-0.3, -0.25) is 4.79 Å². The molecule has 0 aromatic heterocycles. The molecular formula is C12H12BrF2NO2. The number of carbonyl (C=O) groups excluding carboxylic acids is 1. The van der Waals surface area contributed by atoms with Gasteiger partial charge in [-0.25, -0.2) is 8.78 Å². The van der Waals surface area contributed by atoms with E-state index >= 15 is 0 Å². The lowest BCUT2D eigenvalue weighted by atomic mass is 10.1. The van der Waals surface area contributed by atoms with Crippen molar-refractivity contribution in [2.24, 2.45) is 0 Å². The van der Waals surface area contributed by atoms with Crippen LogP contribution in [0.3, 0.4) is 0 Å². The summed E-state index contributed by atoms with van der Waals surface area (Å²) < 4.78 is 32.8. The lowest BCUT2D eigenvalue weighted by Gasteiger charge is -2.33. The maximum absolute atomic E-state index is 13.7. The topological polar surface area (TPSA) is 29.5 Å². The molecule has 1 amide bonds. The second-order valence-corrected chi connectivity index (χ2v) is 5.08. The van der Waals surface area contributed by atoms with Gasteiger partial charge in [-0.1, -0.05) is 15.9 Å². The summed E-state index contributed by atoms with van der Waals surface area (Å²) in [4.78, 5) is 13.6. The highest BCUT2D eigenvalue weighted by atomic mass is 79.9. The summed E-state index contributed by atoms with van der Waals surface area (Å²) in [6.07, 6.45) is 0. The predicted molar refractivity (Wildman–Crippen MR) is 65.4 cm³/mol. The van der Waals surface area contributed by atoms with Gasteiger partial charge >= 0.3 is 0 Å². The SMILES string of the molecule is CC1COCCN1C(=O)c1c(F)cc(Br)cc1F. The largest absolute Gasteiger partial charge is 0.377 e. The number of morpholine rings is 1. The van der Waals surface area contributed by atoms with Crippen LogP contribution < -0.4 is 0 Å². The third-order valence-electron chi connectivity index (χ3n) is 2.85. The molecule has 1 unspecified atom stereocenters. The van der Waals surface area contributed by atoms with Gasteiger partial charge in [-0.2, -0.15) is 0 Å². The Hall–Kier alpha value is -1.01. The Morgan fingerprint density at radius 3 is 2.61 bits per heavy atom. The van der Waals surface area contributed by atoms with Crippen molar-refractivity contribution < 1.29 is 18.3 Å². The first kappa shape index (κ1) is 13.4. The van der Waals surface area contributed by atoms with Gasteiger partial charge in [0.2, 0.25) is 0 Å². The van der Waals surface area contributed by atoms with Crippen molar-refractivity contribution in [2.45, 2.75) is 13.0 Å². The Morgan fingerprint density at radius 1 is 1.44 bits per heavy atom. The van der Waals surface area contributed by atoms with Crippen molar-refractivity contribution in [1.29, 1.82) is 0 Å². The molecule has 1 aromatic rings. The molecule has 1 fully saturated rings. The zero-order valence-corrected chi connectivity index (χ0v) is 11.3. The Bertz CT molecular complexity index is 458. The zero-order chi connectivity index (χ0) is 13.3. The molecule has 1 atom stereocenters. The van der Waals surface area contributed by atoms with Crippen LogP contribution >= 0.6 is 15.9 Å². The summed E-state index contributed by atoms with van der Waals surface area (Å²) in [5.41, 5.74) is -0.507. The van der Waals surface area contributed by atoms with Crippen LogP contribution in [0, 0.1) is 11.6 Å². The molecule has 1 heterocycles. The summed E-state index contributed by atoms with van der Waals surface area (Å²) in [7, 11) is 0. The second-order valence-electron chi connectivity index (χ2n) is 4.17. The van der Waals surface area contributed by atoms with Gasteiger partial charge in [0.25, 0.3) is 5.91 Å². The number of benzene rings is 1. The fourth-order valence-corrected chi connectivity index (χ4v) is 2.32. The molecule has 1 aliphatic rings. The molecule has 98 valence electrons. The van der Waals surface area contributed by atoms with Crippen LogP contribution in [0.4, 0.5) is 8.78 Å². The first-order valence-corrected chi connectivity index (χ1v) is 6.33. The minimum Gasteiger partial charge on any atom is -0.377 e. The third kappa shape index (κ3) is 2.54. The van der Waals surface area contributed by atoms with Crippen LogP contribution in [0.2, 0.25) is 0 Å². The molecule has 2 rings (SSSR count). The quantitative estimate of drug-likeness (QED) is 0.796. The second kappa shape index (κ2) is 5.32. The molecule has 6 heteroatoms. The van der Waals surface area contributed by atoms with Crippen molar-refractivity contribution in [2.75, 3.05) is 19.8 Å². The number of carbonyl (C=O) groups is 1. The van der Waals surface area contributed by atoms with Gasteiger partial charge in [0.15, 0.2) is 0 Å². The van der Waals surface area contributed by atoms with E-state index in [2.05, 4.69) is 15.9 Å². The third-order valence-corrected chi connectivity index (χ3v) is 3.31. The Morgan fingerprint density at radius 2 is 2.06 bits per heavy atom. The molecule has 1 aliphatic heterocycles. The number of ether oxygens (including phenoxy) is 1. The van der Waals surface area contributed by atoms with Gasteiger partial charge in [0.1, 0.15) is 17.2 Å². The molecule has 1 aromatic carbocycles. The highest BCUT2D eigenvalue weighted by molar-refractivity contribution is 9.10. The van der Waals surface area contributed by atoms with Crippen LogP contribution in [0.25, 0.3) is 0 Å². The van der Waals surface area contributed by atoms with E-state index in [1.165, 1.54) is 4.90 Å². The van der Waals surface area contributed by atoms with Gasteiger partial charge in [-0.05, 0) is 19.1 Å². The number of amides is 1. The Labute approximate surface area is 112 Å². The first-order valence-electron chi connectivity index (χ1n) is 5.54. The van der Waals surface area contributed by atoms with Gasteiger partial charge in [0.05, 0.1) is 19.3 Å². The summed E-state index contributed by atoms with van der Waals surface area (Å²) in [5, 5.41) is 0. The van der Waals surface area contributed by atoms with E-state index < -0.39 is 23.1 Å². The summed E-state index contributed by atoms with van der Waals surface area (Å²) in [5.74, 6) is -2.34. The first-order chi connectivity index (χ1) is 8.50. The van der Waals surface area contributed by atoms with Crippen molar-refractivity contribution in [1.82, 2.24) is 4.90 Å². The van der Waals surface area contributed by atoms with E-state index in [0.717, 1.165) is 12.1 Å². The van der Waals surface area contributed by atoms with E-state index in [-0.39, 0.29) is 10.5 Å². The minimum atomic E-state index is -0.856. The zero-order valence-electron chi connectivity index (χ0n) is 9.75. The summed E-state index contributed by atoms with van der Waals surface area (Å²) in [6.45, 7) is 2.89. The number of halogens is 3. The highest BCUT2D eigenvalue weighted by Gasteiger charge is 2.29. The average molecular weight is 320 g/mol. The van der Waals surface area contributed by atoms with E-state index in [0.29, 0.717) is 19.8 Å². The number of hydrogen-bond acceptors (Lipinski definition) is 2. The van der Waals surface area contributed by atoms with Crippen LogP contribution in [0.1, 0.15) is 17.3 Å². The van der Waals surface area contributed by atoms with Crippen LogP contribution in [-0.4, -0.2) is 36.6 Å². The van der Waals surface area contributed by atoms with Gasteiger partial charge < -0.3 is 9.64 Å². The van der Waals surface area contributed by atoms with Crippen molar-refractivity contribution in [3.05, 3.63) is 33.8 Å². The summed E-state index contributed by atoms with van der Waals surface area (Å²) in [6, 6.07) is 1.98. The Kier molecular flexibility index (Phi) is 3.97. The molecule has 0 radical (unpaired) electrons. The van der Waals surface area contributed by atoms with Crippen LogP contribution in [0.5, 0.6) is 0 Å². The molecular weight excluding hydrogens is 308 g/mol. The smallest absolute Gasteiger partial charge is 0.260 e. The molecule has 0 aliphatic carbocycles. The minimum absolute atomic E-state index is 0.186. The maximum Gasteiger partial charge on any atom is 0.260 e. The highest BCUT2D eigenvalue weighted by Crippen LogP contribution is 2.22. The van der Waals surface area contributed by atoms with Gasteiger partial charge in [-0.15, -0.1) is 0 Å². The van der Waals surface area contributed by atoms with Crippen molar-refractivity contribution in [3.8, 4) is 0 Å². The average Bonchev–Trinajstić information content (AvgIpc) is 2.27. The van der Waals surface area contributed by atoms with Gasteiger partial charge in [0, 0.05) is 11.0 Å². The van der Waals surface area contributed by atoms with E-state index in [9.17, 15) is 13.6 Å². The number of nitrogens with zero attached hydrogens (tertiary/aromatic N) is 1. The number of hydrogen-bond donors (Lipinski definition) is 0. The maximum atomic E-state index is 13.7. The molecule has 0 spiro atoms. The number of rotatable bonds is 1. The van der Waals surface area contributed by atoms with E-state index in [1.807, 2.05) is 0 Å². The fourth-order valence-electron chi connectivity index (χ4n) is 1.92. The molecule has 0 saturated carbocycles. The predicted octanol–water partition coefficient (Wildman–Crippen LogP) is 2.59. The molecule has 0 bridgehead atoms. The molecule has 3 nitrogen and oxygen atoms in total. The van der Waals surface area contributed by atoms with Crippen molar-refractivity contribution in [3.63, 3.8) is 0 Å². The van der Waals surface area contributed by atoms with Crippen molar-refractivity contribution >= 4 is 21.8 Å². The normalized spacial score (nSPS) is 20.0. The molecule has 0 N–H and O–H groups in total. The fraction of sp³-hybridized carbons (Fsp3) is 0.417. The Balaban J connectivity index is 2.33. The van der Waals surface area contributed by atoms with E-state index in [1.54, 1.807) is 6.92 Å². The van der Waals surface area contributed by atoms with Crippen LogP contribution in [-0.2, 0) is 4.74 Å². The van der Waals surface area contributed by atoms with E-state index in [4.69, 9.17) is 4.74 Å². The molecule has 18 heavy (non-hydrogen) atoms. The summed E-state index contributed by atoms with van der Waals surface area (Å²) >= 11 is 2.98. The lowest BCUT2D eigenvalue weighted by molar-refractivity contribution is 0.00308. The monoisotopic (exact) mass is 319 g/mol. The lowest BCUT2D eigenvalue weighted by Crippen LogP contribution is -2.47.